The molecule has 0 aliphatic rings. The van der Waals surface area contributed by atoms with Gasteiger partial charge in [0, 0.05) is 23.6 Å². The lowest BCUT2D eigenvalue weighted by Crippen LogP contribution is -2.27. The first-order valence-electron chi connectivity index (χ1n) is 8.59. The third kappa shape index (κ3) is 16.9. The highest BCUT2D eigenvalue weighted by Crippen LogP contribution is 2.13. The maximum atomic E-state index is 8.81. The molecule has 2 atom stereocenters. The lowest BCUT2D eigenvalue weighted by Gasteiger charge is -2.07. The van der Waals surface area contributed by atoms with Crippen molar-refractivity contribution in [1.82, 2.24) is 0 Å². The molecule has 0 fully saturated rings. The number of thioether (sulfide) groups is 2. The summed E-state index contributed by atoms with van der Waals surface area (Å²) < 4.78 is 0. The maximum absolute atomic E-state index is 8.81. The molecule has 0 aromatic carbocycles. The summed E-state index contributed by atoms with van der Waals surface area (Å²) in [6.45, 7) is 0.194. The first kappa shape index (κ1) is 22.5. The van der Waals surface area contributed by atoms with Gasteiger partial charge in [0.05, 0.1) is 13.2 Å². The van der Waals surface area contributed by atoms with Gasteiger partial charge in [-0.05, 0) is 24.3 Å². The van der Waals surface area contributed by atoms with Crippen molar-refractivity contribution in [3.8, 4) is 0 Å². The molecule has 4 nitrogen and oxygen atoms in total. The van der Waals surface area contributed by atoms with Crippen LogP contribution in [0.3, 0.4) is 0 Å². The first-order valence-corrected chi connectivity index (χ1v) is 10.9. The van der Waals surface area contributed by atoms with Crippen LogP contribution >= 0.6 is 23.5 Å². The van der Waals surface area contributed by atoms with Crippen molar-refractivity contribution in [3.63, 3.8) is 0 Å². The first-order chi connectivity index (χ1) is 10.7. The Morgan fingerprint density at radius 2 is 0.909 bits per heavy atom. The van der Waals surface area contributed by atoms with Gasteiger partial charge in [0.25, 0.3) is 0 Å². The van der Waals surface area contributed by atoms with E-state index < -0.39 is 0 Å². The molecule has 6 heteroatoms. The zero-order chi connectivity index (χ0) is 16.5. The number of hydrogen-bond acceptors (Lipinski definition) is 6. The zero-order valence-corrected chi connectivity index (χ0v) is 15.6. The van der Waals surface area contributed by atoms with Gasteiger partial charge in [-0.2, -0.15) is 23.5 Å². The summed E-state index contributed by atoms with van der Waals surface area (Å²) >= 11 is 3.71. The summed E-state index contributed by atoms with van der Waals surface area (Å²) in [7, 11) is 0. The Morgan fingerprint density at radius 1 is 0.591 bits per heavy atom. The third-order valence-corrected chi connectivity index (χ3v) is 5.94. The van der Waals surface area contributed by atoms with Crippen molar-refractivity contribution in [3.05, 3.63) is 0 Å². The van der Waals surface area contributed by atoms with Gasteiger partial charge in [0.1, 0.15) is 0 Å². The highest BCUT2D eigenvalue weighted by Gasteiger charge is 2.00. The average molecular weight is 353 g/mol. The predicted octanol–water partition coefficient (Wildman–Crippen LogP) is 2.21. The predicted molar refractivity (Wildman–Crippen MR) is 102 cm³/mol. The molecular weight excluding hydrogens is 316 g/mol. The Labute approximate surface area is 145 Å². The Bertz CT molecular complexity index is 202. The molecule has 22 heavy (non-hydrogen) atoms. The Kier molecular flexibility index (Phi) is 18.3. The average Bonchev–Trinajstić information content (AvgIpc) is 2.54. The lowest BCUT2D eigenvalue weighted by molar-refractivity contribution is 0.275. The third-order valence-electron chi connectivity index (χ3n) is 3.46. The van der Waals surface area contributed by atoms with Crippen LogP contribution in [-0.2, 0) is 0 Å². The Balaban J connectivity index is 3.03. The van der Waals surface area contributed by atoms with Crippen molar-refractivity contribution >= 4 is 23.5 Å². The van der Waals surface area contributed by atoms with Crippen LogP contribution in [0.2, 0.25) is 0 Å². The van der Waals surface area contributed by atoms with Crippen LogP contribution in [0.15, 0.2) is 0 Å². The fourth-order valence-electron chi connectivity index (χ4n) is 2.04. The van der Waals surface area contributed by atoms with Crippen LogP contribution in [0, 0.1) is 0 Å². The van der Waals surface area contributed by atoms with Crippen LogP contribution in [0.25, 0.3) is 0 Å². The van der Waals surface area contributed by atoms with Crippen molar-refractivity contribution in [1.29, 1.82) is 0 Å². The van der Waals surface area contributed by atoms with E-state index in [9.17, 15) is 0 Å². The standard InChI is InChI=1S/C16H36N2O2S2/c17-15(11-19)13-21-9-7-5-3-1-2-4-6-8-10-22-14-16(18)12-20/h15-16,19-20H,1-14,17-18H2. The van der Waals surface area contributed by atoms with E-state index in [1.807, 2.05) is 23.5 Å². The normalized spacial score (nSPS) is 14.2. The lowest BCUT2D eigenvalue weighted by atomic mass is 10.1. The molecule has 0 radical (unpaired) electrons. The molecule has 0 aliphatic carbocycles. The van der Waals surface area contributed by atoms with Gasteiger partial charge in [-0.25, -0.2) is 0 Å². The summed E-state index contributed by atoms with van der Waals surface area (Å²) in [5.74, 6) is 4.08. The van der Waals surface area contributed by atoms with E-state index in [1.54, 1.807) is 0 Å². The highest BCUT2D eigenvalue weighted by molar-refractivity contribution is 7.99. The highest BCUT2D eigenvalue weighted by atomic mass is 32.2. The summed E-state index contributed by atoms with van der Waals surface area (Å²) in [6.07, 6.45) is 10.5. The molecule has 6 N–H and O–H groups in total. The molecule has 0 heterocycles. The molecule has 0 aromatic heterocycles. The maximum Gasteiger partial charge on any atom is 0.0590 e. The largest absolute Gasteiger partial charge is 0.395 e. The van der Waals surface area contributed by atoms with Crippen molar-refractivity contribution in [2.45, 2.75) is 63.5 Å². The second-order valence-electron chi connectivity index (χ2n) is 5.86. The number of hydrogen-bond donors (Lipinski definition) is 4. The number of rotatable bonds is 17. The molecule has 0 bridgehead atoms. The second-order valence-corrected chi connectivity index (χ2v) is 8.16. The fraction of sp³-hybridized carbons (Fsp3) is 1.00. The second kappa shape index (κ2) is 17.9. The number of unbranched alkanes of at least 4 members (excludes halogenated alkanes) is 7. The smallest absolute Gasteiger partial charge is 0.0590 e. The Morgan fingerprint density at radius 3 is 1.23 bits per heavy atom. The molecule has 2 unspecified atom stereocenters. The molecule has 0 saturated heterocycles. The Hall–Kier alpha value is 0.540. The molecule has 0 amide bonds. The van der Waals surface area contributed by atoms with E-state index in [0.717, 1.165) is 11.5 Å². The minimum atomic E-state index is -0.0532. The number of aliphatic hydroxyl groups is 2. The van der Waals surface area contributed by atoms with Crippen LogP contribution in [0.1, 0.15) is 51.4 Å². The molecule has 0 rings (SSSR count). The topological polar surface area (TPSA) is 92.5 Å². The number of aliphatic hydroxyl groups excluding tert-OH is 2. The van der Waals surface area contributed by atoms with Crippen LogP contribution in [0.5, 0.6) is 0 Å². The summed E-state index contributed by atoms with van der Waals surface area (Å²) in [5, 5.41) is 17.6. The molecule has 0 saturated carbocycles. The summed E-state index contributed by atoms with van der Waals surface area (Å²) in [6, 6.07) is -0.106. The van der Waals surface area contributed by atoms with E-state index in [2.05, 4.69) is 0 Å². The quantitative estimate of drug-likeness (QED) is 0.300. The summed E-state index contributed by atoms with van der Waals surface area (Å²) in [4.78, 5) is 0. The van der Waals surface area contributed by atoms with Gasteiger partial charge in [-0.3, -0.25) is 0 Å². The van der Waals surface area contributed by atoms with Crippen LogP contribution < -0.4 is 11.5 Å². The SMILES string of the molecule is NC(CO)CSCCCCCCCCCCSCC(N)CO. The van der Waals surface area contributed by atoms with Gasteiger partial charge in [-0.1, -0.05) is 38.5 Å². The van der Waals surface area contributed by atoms with E-state index >= 15 is 0 Å². The fourth-order valence-corrected chi connectivity index (χ4v) is 4.01. The molecular formula is C16H36N2O2S2. The van der Waals surface area contributed by atoms with Gasteiger partial charge >= 0.3 is 0 Å². The van der Waals surface area contributed by atoms with E-state index in [1.165, 1.54) is 62.9 Å². The molecule has 0 aliphatic heterocycles. The van der Waals surface area contributed by atoms with Crippen molar-refractivity contribution in [2.75, 3.05) is 36.2 Å². The molecule has 0 spiro atoms. The van der Waals surface area contributed by atoms with Gasteiger partial charge in [0.2, 0.25) is 0 Å². The van der Waals surface area contributed by atoms with E-state index in [-0.39, 0.29) is 25.3 Å². The molecule has 0 aromatic rings. The van der Waals surface area contributed by atoms with E-state index in [0.29, 0.717) is 0 Å². The minimum absolute atomic E-state index is 0.0532. The van der Waals surface area contributed by atoms with Crippen LogP contribution in [0.4, 0.5) is 0 Å². The van der Waals surface area contributed by atoms with E-state index in [4.69, 9.17) is 21.7 Å². The van der Waals surface area contributed by atoms with Crippen LogP contribution in [-0.4, -0.2) is 58.5 Å². The number of nitrogens with two attached hydrogens (primary N) is 2. The molecule has 134 valence electrons. The van der Waals surface area contributed by atoms with Gasteiger partial charge < -0.3 is 21.7 Å². The van der Waals surface area contributed by atoms with Gasteiger partial charge in [-0.15, -0.1) is 0 Å². The zero-order valence-electron chi connectivity index (χ0n) is 13.9. The minimum Gasteiger partial charge on any atom is -0.395 e. The summed E-state index contributed by atoms with van der Waals surface area (Å²) in [5.41, 5.74) is 11.3. The van der Waals surface area contributed by atoms with Gasteiger partial charge in [0.15, 0.2) is 0 Å². The monoisotopic (exact) mass is 352 g/mol. The van der Waals surface area contributed by atoms with Crippen molar-refractivity contribution < 1.29 is 10.2 Å². The van der Waals surface area contributed by atoms with Crippen molar-refractivity contribution in [2.24, 2.45) is 11.5 Å².